The molecule has 3 aromatic carbocycles. The van der Waals surface area contributed by atoms with Gasteiger partial charge in [0.05, 0.1) is 16.1 Å². The number of hydrazine groups is 1. The van der Waals surface area contributed by atoms with Crippen LogP contribution in [0.25, 0.3) is 0 Å². The van der Waals surface area contributed by atoms with Gasteiger partial charge in [-0.25, -0.2) is 13.2 Å². The lowest BCUT2D eigenvalue weighted by Gasteiger charge is -2.19. The van der Waals surface area contributed by atoms with Crippen LogP contribution in [-0.2, 0) is 19.6 Å². The zero-order valence-corrected chi connectivity index (χ0v) is 20.3. The lowest BCUT2D eigenvalue weighted by Crippen LogP contribution is -2.43. The van der Waals surface area contributed by atoms with E-state index in [-0.39, 0.29) is 10.5 Å². The molecule has 0 aliphatic rings. The summed E-state index contributed by atoms with van der Waals surface area (Å²) in [6.45, 7) is -0.680. The van der Waals surface area contributed by atoms with E-state index >= 15 is 0 Å². The van der Waals surface area contributed by atoms with E-state index in [0.29, 0.717) is 11.3 Å². The summed E-state index contributed by atoms with van der Waals surface area (Å²) < 4.78 is 32.7. The second-order valence-corrected chi connectivity index (χ2v) is 9.81. The molecule has 3 rings (SSSR count). The van der Waals surface area contributed by atoms with Crippen LogP contribution in [0.15, 0.2) is 88.2 Å². The van der Waals surface area contributed by atoms with E-state index in [2.05, 4.69) is 26.8 Å². The van der Waals surface area contributed by atoms with E-state index in [1.165, 1.54) is 31.3 Å². The number of amides is 2. The highest BCUT2D eigenvalue weighted by Gasteiger charge is 2.23. The van der Waals surface area contributed by atoms with Gasteiger partial charge < -0.3 is 4.74 Å². The predicted octanol–water partition coefficient (Wildman–Crippen LogP) is 2.89. The first kappa shape index (κ1) is 24.9. The van der Waals surface area contributed by atoms with Crippen LogP contribution in [-0.4, -0.2) is 39.9 Å². The van der Waals surface area contributed by atoms with Crippen molar-refractivity contribution in [3.63, 3.8) is 0 Å². The van der Waals surface area contributed by atoms with Crippen molar-refractivity contribution in [1.29, 1.82) is 0 Å². The Kier molecular flexibility index (Phi) is 8.03. The van der Waals surface area contributed by atoms with E-state index < -0.39 is 34.4 Å². The minimum Gasteiger partial charge on any atom is -0.452 e. The summed E-state index contributed by atoms with van der Waals surface area (Å²) >= 11 is 3.26. The number of anilines is 1. The number of ether oxygens (including phenoxy) is 1. The molecule has 0 unspecified atom stereocenters. The van der Waals surface area contributed by atoms with Crippen molar-refractivity contribution in [2.24, 2.45) is 0 Å². The Labute approximate surface area is 204 Å². The molecular formula is C23H20BrN3O6S. The van der Waals surface area contributed by atoms with Gasteiger partial charge in [0.1, 0.15) is 0 Å². The molecule has 3 aromatic rings. The second-order valence-electron chi connectivity index (χ2n) is 6.92. The molecule has 0 bridgehead atoms. The van der Waals surface area contributed by atoms with Gasteiger partial charge in [-0.05, 0) is 54.6 Å². The molecule has 34 heavy (non-hydrogen) atoms. The van der Waals surface area contributed by atoms with Gasteiger partial charge in [-0.3, -0.25) is 24.7 Å². The summed E-state index contributed by atoms with van der Waals surface area (Å²) in [5.74, 6) is -2.21. The number of para-hydroxylation sites is 1. The largest absolute Gasteiger partial charge is 0.452 e. The van der Waals surface area contributed by atoms with Crippen molar-refractivity contribution in [3.05, 3.63) is 94.5 Å². The minimum atomic E-state index is -3.93. The third-order valence-corrected chi connectivity index (χ3v) is 6.91. The summed E-state index contributed by atoms with van der Waals surface area (Å²) in [7, 11) is -2.53. The van der Waals surface area contributed by atoms with E-state index in [9.17, 15) is 22.8 Å². The predicted molar refractivity (Wildman–Crippen MR) is 129 cm³/mol. The maximum Gasteiger partial charge on any atom is 0.338 e. The van der Waals surface area contributed by atoms with E-state index in [1.807, 2.05) is 0 Å². The summed E-state index contributed by atoms with van der Waals surface area (Å²) in [5, 5.41) is 0. The smallest absolute Gasteiger partial charge is 0.338 e. The zero-order chi connectivity index (χ0) is 24.7. The zero-order valence-electron chi connectivity index (χ0n) is 17.9. The van der Waals surface area contributed by atoms with Gasteiger partial charge in [-0.1, -0.05) is 40.2 Å². The first-order valence-corrected chi connectivity index (χ1v) is 12.1. The van der Waals surface area contributed by atoms with Crippen LogP contribution >= 0.6 is 15.9 Å². The molecule has 0 aromatic heterocycles. The second kappa shape index (κ2) is 10.9. The fraction of sp³-hybridized carbons (Fsp3) is 0.0870. The molecule has 0 radical (unpaired) electrons. The van der Waals surface area contributed by atoms with Crippen molar-refractivity contribution in [2.45, 2.75) is 4.90 Å². The number of carbonyl (C=O) groups is 3. The Morgan fingerprint density at radius 2 is 1.56 bits per heavy atom. The molecule has 11 heteroatoms. The molecule has 0 saturated heterocycles. The number of hydrogen-bond acceptors (Lipinski definition) is 6. The van der Waals surface area contributed by atoms with E-state index in [4.69, 9.17) is 4.74 Å². The van der Waals surface area contributed by atoms with Crippen LogP contribution < -0.4 is 15.2 Å². The molecule has 0 aliphatic carbocycles. The van der Waals surface area contributed by atoms with Crippen LogP contribution in [0, 0.1) is 0 Å². The van der Waals surface area contributed by atoms with Crippen LogP contribution in [0.3, 0.4) is 0 Å². The Hall–Kier alpha value is -3.70. The lowest BCUT2D eigenvalue weighted by atomic mass is 10.2. The number of nitrogens with zero attached hydrogens (tertiary/aromatic N) is 1. The molecule has 0 atom stereocenters. The molecule has 2 N–H and O–H groups in total. The van der Waals surface area contributed by atoms with Crippen LogP contribution in [0.4, 0.5) is 5.69 Å². The van der Waals surface area contributed by atoms with Gasteiger partial charge in [0.25, 0.3) is 21.8 Å². The van der Waals surface area contributed by atoms with Crippen LogP contribution in [0.5, 0.6) is 0 Å². The quantitative estimate of drug-likeness (QED) is 0.347. The van der Waals surface area contributed by atoms with Crippen molar-refractivity contribution < 1.29 is 27.5 Å². The first-order valence-electron chi connectivity index (χ1n) is 9.84. The monoisotopic (exact) mass is 545 g/mol. The lowest BCUT2D eigenvalue weighted by molar-refractivity contribution is -0.125. The average Bonchev–Trinajstić information content (AvgIpc) is 2.86. The number of esters is 1. The van der Waals surface area contributed by atoms with Gasteiger partial charge in [0.15, 0.2) is 6.61 Å². The molecule has 9 nitrogen and oxygen atoms in total. The minimum absolute atomic E-state index is 0.0470. The topological polar surface area (TPSA) is 122 Å². The van der Waals surface area contributed by atoms with Gasteiger partial charge in [0.2, 0.25) is 0 Å². The number of nitrogens with one attached hydrogen (secondary N) is 2. The molecule has 176 valence electrons. The number of hydrogen-bond donors (Lipinski definition) is 2. The normalized spacial score (nSPS) is 10.8. The Morgan fingerprint density at radius 1 is 0.882 bits per heavy atom. The molecule has 0 spiro atoms. The summed E-state index contributed by atoms with van der Waals surface area (Å²) in [6.07, 6.45) is 0. The average molecular weight is 546 g/mol. The van der Waals surface area contributed by atoms with E-state index in [0.717, 1.165) is 8.78 Å². The fourth-order valence-electron chi connectivity index (χ4n) is 2.77. The number of carbonyl (C=O) groups excluding carboxylic acids is 3. The first-order chi connectivity index (χ1) is 16.2. The summed E-state index contributed by atoms with van der Waals surface area (Å²) in [4.78, 5) is 36.2. The van der Waals surface area contributed by atoms with Crippen LogP contribution in [0.1, 0.15) is 20.7 Å². The Morgan fingerprint density at radius 3 is 2.24 bits per heavy atom. The Bertz CT molecular complexity index is 1300. The summed E-state index contributed by atoms with van der Waals surface area (Å²) in [6, 6.07) is 20.2. The molecule has 0 saturated carbocycles. The fourth-order valence-corrected chi connectivity index (χ4v) is 4.28. The van der Waals surface area contributed by atoms with Gasteiger partial charge in [0, 0.05) is 17.1 Å². The van der Waals surface area contributed by atoms with Crippen molar-refractivity contribution >= 4 is 49.4 Å². The molecule has 0 aliphatic heterocycles. The standard InChI is InChI=1S/C23H20BrN3O6S/c1-27(19-7-3-2-4-8-19)34(31,32)20-9-5-6-17(14-20)23(30)33-15-21(28)25-26-22(29)16-10-12-18(24)13-11-16/h2-14H,15H2,1H3,(H,25,28)(H,26,29). The van der Waals surface area contributed by atoms with Crippen molar-refractivity contribution in [3.8, 4) is 0 Å². The van der Waals surface area contributed by atoms with Gasteiger partial charge in [-0.2, -0.15) is 0 Å². The molecular weight excluding hydrogens is 526 g/mol. The van der Waals surface area contributed by atoms with Crippen molar-refractivity contribution in [1.82, 2.24) is 10.9 Å². The number of benzene rings is 3. The number of halogens is 1. The highest BCUT2D eigenvalue weighted by molar-refractivity contribution is 9.10. The third-order valence-electron chi connectivity index (χ3n) is 4.60. The SMILES string of the molecule is CN(c1ccccc1)S(=O)(=O)c1cccc(C(=O)OCC(=O)NNC(=O)c2ccc(Br)cc2)c1. The molecule has 2 amide bonds. The highest BCUT2D eigenvalue weighted by atomic mass is 79.9. The highest BCUT2D eigenvalue weighted by Crippen LogP contribution is 2.22. The van der Waals surface area contributed by atoms with Crippen LogP contribution in [0.2, 0.25) is 0 Å². The van der Waals surface area contributed by atoms with E-state index in [1.54, 1.807) is 54.6 Å². The van der Waals surface area contributed by atoms with Gasteiger partial charge >= 0.3 is 5.97 Å². The Balaban J connectivity index is 1.58. The third kappa shape index (κ3) is 6.21. The summed E-state index contributed by atoms with van der Waals surface area (Å²) in [5.41, 5.74) is 5.08. The number of rotatable bonds is 7. The maximum absolute atomic E-state index is 12.9. The number of sulfonamides is 1. The van der Waals surface area contributed by atoms with Gasteiger partial charge in [-0.15, -0.1) is 0 Å². The van der Waals surface area contributed by atoms with Crippen molar-refractivity contribution in [2.75, 3.05) is 18.0 Å². The maximum atomic E-state index is 12.9. The molecule has 0 fully saturated rings. The molecule has 0 heterocycles.